The summed E-state index contributed by atoms with van der Waals surface area (Å²) in [6, 6.07) is 12.8. The SMILES string of the molecule is O=C(Nc1ccc2oc(-c3ccc(C(F)(F)F)cc3)nc2c1)c1cccnc1. The third kappa shape index (κ3) is 3.57. The number of amides is 1. The molecule has 8 heteroatoms. The number of benzene rings is 2. The lowest BCUT2D eigenvalue weighted by Crippen LogP contribution is -2.11. The molecule has 0 fully saturated rings. The van der Waals surface area contributed by atoms with Crippen LogP contribution in [0.1, 0.15) is 15.9 Å². The van der Waals surface area contributed by atoms with Crippen LogP contribution in [0.5, 0.6) is 0 Å². The van der Waals surface area contributed by atoms with Crippen LogP contribution in [0.2, 0.25) is 0 Å². The van der Waals surface area contributed by atoms with E-state index in [9.17, 15) is 18.0 Å². The number of oxazole rings is 1. The van der Waals surface area contributed by atoms with Crippen LogP contribution in [0.3, 0.4) is 0 Å². The molecule has 0 unspecified atom stereocenters. The minimum atomic E-state index is -4.40. The van der Waals surface area contributed by atoms with Crippen LogP contribution in [0.25, 0.3) is 22.6 Å². The van der Waals surface area contributed by atoms with Gasteiger partial charge in [-0.25, -0.2) is 4.98 Å². The van der Waals surface area contributed by atoms with Gasteiger partial charge in [0.2, 0.25) is 5.89 Å². The quantitative estimate of drug-likeness (QED) is 0.531. The first kappa shape index (κ1) is 17.7. The molecule has 0 radical (unpaired) electrons. The van der Waals surface area contributed by atoms with Crippen molar-refractivity contribution in [1.82, 2.24) is 9.97 Å². The molecule has 0 bridgehead atoms. The van der Waals surface area contributed by atoms with Gasteiger partial charge in [0.25, 0.3) is 5.91 Å². The van der Waals surface area contributed by atoms with E-state index >= 15 is 0 Å². The third-order valence-corrected chi connectivity index (χ3v) is 4.03. The average molecular weight is 383 g/mol. The Morgan fingerprint density at radius 3 is 2.50 bits per heavy atom. The molecule has 0 atom stereocenters. The predicted octanol–water partition coefficient (Wildman–Crippen LogP) is 5.16. The number of rotatable bonds is 3. The average Bonchev–Trinajstić information content (AvgIpc) is 3.11. The molecule has 1 amide bonds. The van der Waals surface area contributed by atoms with E-state index < -0.39 is 11.7 Å². The normalized spacial score (nSPS) is 11.5. The van der Waals surface area contributed by atoms with Crippen LogP contribution in [-0.2, 0) is 6.18 Å². The molecule has 28 heavy (non-hydrogen) atoms. The van der Waals surface area contributed by atoms with Crippen molar-refractivity contribution in [3.8, 4) is 11.5 Å². The maximum Gasteiger partial charge on any atom is 0.416 e. The number of nitrogens with one attached hydrogen (secondary N) is 1. The number of pyridine rings is 1. The molecule has 2 aromatic heterocycles. The molecule has 4 rings (SSSR count). The van der Waals surface area contributed by atoms with Gasteiger partial charge in [0.05, 0.1) is 11.1 Å². The fourth-order valence-electron chi connectivity index (χ4n) is 2.63. The summed E-state index contributed by atoms with van der Waals surface area (Å²) < 4.78 is 43.7. The smallest absolute Gasteiger partial charge is 0.416 e. The zero-order chi connectivity index (χ0) is 19.7. The highest BCUT2D eigenvalue weighted by Gasteiger charge is 2.30. The number of hydrogen-bond donors (Lipinski definition) is 1. The fourth-order valence-corrected chi connectivity index (χ4v) is 2.63. The molecule has 0 saturated heterocycles. The Kier molecular flexibility index (Phi) is 4.31. The molecule has 0 aliphatic rings. The molecule has 0 saturated carbocycles. The number of carbonyl (C=O) groups excluding carboxylic acids is 1. The predicted molar refractivity (Wildman–Crippen MR) is 96.6 cm³/mol. The first-order valence-electron chi connectivity index (χ1n) is 8.20. The van der Waals surface area contributed by atoms with Gasteiger partial charge in [-0.1, -0.05) is 0 Å². The van der Waals surface area contributed by atoms with Crippen molar-refractivity contribution in [2.75, 3.05) is 5.32 Å². The third-order valence-electron chi connectivity index (χ3n) is 4.03. The minimum absolute atomic E-state index is 0.194. The largest absolute Gasteiger partial charge is 0.436 e. The van der Waals surface area contributed by atoms with Crippen molar-refractivity contribution in [3.05, 3.63) is 78.1 Å². The van der Waals surface area contributed by atoms with Gasteiger partial charge < -0.3 is 9.73 Å². The summed E-state index contributed by atoms with van der Waals surface area (Å²) in [5.41, 5.74) is 1.52. The van der Waals surface area contributed by atoms with Crippen molar-refractivity contribution in [3.63, 3.8) is 0 Å². The van der Waals surface area contributed by atoms with E-state index in [1.54, 1.807) is 36.5 Å². The molecular weight excluding hydrogens is 371 g/mol. The molecule has 0 aliphatic heterocycles. The number of halogens is 3. The molecule has 2 aromatic carbocycles. The maximum absolute atomic E-state index is 12.7. The summed E-state index contributed by atoms with van der Waals surface area (Å²) in [7, 11) is 0. The van der Waals surface area contributed by atoms with Crippen LogP contribution >= 0.6 is 0 Å². The number of aromatic nitrogens is 2. The number of carbonyl (C=O) groups is 1. The second-order valence-electron chi connectivity index (χ2n) is 5.97. The van der Waals surface area contributed by atoms with Crippen LogP contribution in [-0.4, -0.2) is 15.9 Å². The van der Waals surface area contributed by atoms with E-state index in [1.807, 2.05) is 0 Å². The van der Waals surface area contributed by atoms with Gasteiger partial charge in [-0.3, -0.25) is 9.78 Å². The monoisotopic (exact) mass is 383 g/mol. The van der Waals surface area contributed by atoms with Crippen LogP contribution in [0, 0.1) is 0 Å². The Morgan fingerprint density at radius 2 is 1.82 bits per heavy atom. The van der Waals surface area contributed by atoms with Gasteiger partial charge in [-0.2, -0.15) is 13.2 Å². The van der Waals surface area contributed by atoms with Crippen molar-refractivity contribution >= 4 is 22.7 Å². The zero-order valence-corrected chi connectivity index (χ0v) is 14.2. The number of alkyl halides is 3. The van der Waals surface area contributed by atoms with Crippen LogP contribution < -0.4 is 5.32 Å². The minimum Gasteiger partial charge on any atom is -0.436 e. The second kappa shape index (κ2) is 6.80. The molecule has 2 heterocycles. The van der Waals surface area contributed by atoms with Crippen molar-refractivity contribution in [1.29, 1.82) is 0 Å². The molecular formula is C20H12F3N3O2. The van der Waals surface area contributed by atoms with E-state index in [0.717, 1.165) is 12.1 Å². The van der Waals surface area contributed by atoms with Gasteiger partial charge >= 0.3 is 6.18 Å². The Balaban J connectivity index is 1.59. The summed E-state index contributed by atoms with van der Waals surface area (Å²) in [5.74, 6) is -0.127. The van der Waals surface area contributed by atoms with Gasteiger partial charge in [0, 0.05) is 23.6 Å². The molecule has 1 N–H and O–H groups in total. The number of hydrogen-bond acceptors (Lipinski definition) is 4. The van der Waals surface area contributed by atoms with E-state index in [1.165, 1.54) is 18.3 Å². The van der Waals surface area contributed by atoms with E-state index in [2.05, 4.69) is 15.3 Å². The molecule has 4 aromatic rings. The van der Waals surface area contributed by atoms with Crippen molar-refractivity contribution in [2.24, 2.45) is 0 Å². The fraction of sp³-hybridized carbons (Fsp3) is 0.0500. The lowest BCUT2D eigenvalue weighted by Gasteiger charge is -2.05. The highest BCUT2D eigenvalue weighted by atomic mass is 19.4. The molecule has 0 aliphatic carbocycles. The highest BCUT2D eigenvalue weighted by Crippen LogP contribution is 2.32. The Hall–Kier alpha value is -3.68. The Bertz CT molecular complexity index is 1140. The summed E-state index contributed by atoms with van der Waals surface area (Å²) in [5, 5.41) is 2.74. The Morgan fingerprint density at radius 1 is 1.04 bits per heavy atom. The van der Waals surface area contributed by atoms with E-state index in [4.69, 9.17) is 4.42 Å². The Labute approximate surface area is 156 Å². The van der Waals surface area contributed by atoms with Gasteiger partial charge in [-0.15, -0.1) is 0 Å². The molecule has 0 spiro atoms. The lowest BCUT2D eigenvalue weighted by molar-refractivity contribution is -0.137. The summed E-state index contributed by atoms with van der Waals surface area (Å²) in [6.07, 6.45) is -1.38. The van der Waals surface area contributed by atoms with Crippen LogP contribution in [0.4, 0.5) is 18.9 Å². The van der Waals surface area contributed by atoms with E-state index in [0.29, 0.717) is 27.9 Å². The number of nitrogens with zero attached hydrogens (tertiary/aromatic N) is 2. The standard InChI is InChI=1S/C20H12F3N3O2/c21-20(22,23)14-5-3-12(4-6-14)19-26-16-10-15(7-8-17(16)28-19)25-18(27)13-2-1-9-24-11-13/h1-11H,(H,25,27). The first-order valence-corrected chi connectivity index (χ1v) is 8.20. The van der Waals surface area contributed by atoms with E-state index in [-0.39, 0.29) is 11.8 Å². The van der Waals surface area contributed by atoms with Crippen LogP contribution in [0.15, 0.2) is 71.4 Å². The summed E-state index contributed by atoms with van der Waals surface area (Å²) >= 11 is 0. The lowest BCUT2D eigenvalue weighted by atomic mass is 10.1. The van der Waals surface area contributed by atoms with Crippen molar-refractivity contribution < 1.29 is 22.4 Å². The topological polar surface area (TPSA) is 68.0 Å². The number of fused-ring (bicyclic) bond motifs is 1. The van der Waals surface area contributed by atoms with Crippen molar-refractivity contribution in [2.45, 2.75) is 6.18 Å². The second-order valence-corrected chi connectivity index (χ2v) is 5.97. The van der Waals surface area contributed by atoms with Gasteiger partial charge in [-0.05, 0) is 54.6 Å². The maximum atomic E-state index is 12.7. The first-order chi connectivity index (χ1) is 13.4. The molecule has 5 nitrogen and oxygen atoms in total. The van der Waals surface area contributed by atoms with Gasteiger partial charge in [0.15, 0.2) is 5.58 Å². The highest BCUT2D eigenvalue weighted by molar-refractivity contribution is 6.04. The summed E-state index contributed by atoms with van der Waals surface area (Å²) in [4.78, 5) is 20.4. The summed E-state index contributed by atoms with van der Waals surface area (Å²) in [6.45, 7) is 0. The van der Waals surface area contributed by atoms with Gasteiger partial charge in [0.1, 0.15) is 5.52 Å². The molecule has 140 valence electrons. The zero-order valence-electron chi connectivity index (χ0n) is 14.2. The number of anilines is 1.